The van der Waals surface area contributed by atoms with E-state index in [1.165, 1.54) is 0 Å². The van der Waals surface area contributed by atoms with Crippen molar-refractivity contribution in [3.63, 3.8) is 0 Å². The maximum atomic E-state index is 13.4. The first-order valence-corrected chi connectivity index (χ1v) is 4.51. The molecular formula is C11H15FO. The average molecular weight is 182 g/mol. The molecule has 0 aliphatic rings. The maximum absolute atomic E-state index is 13.4. The summed E-state index contributed by atoms with van der Waals surface area (Å²) in [6.45, 7) is 3.90. The zero-order valence-corrected chi connectivity index (χ0v) is 8.10. The fourth-order valence-corrected chi connectivity index (χ4v) is 1.52. The van der Waals surface area contributed by atoms with E-state index in [4.69, 9.17) is 5.11 Å². The second-order valence-electron chi connectivity index (χ2n) is 3.37. The lowest BCUT2D eigenvalue weighted by atomic mass is 10.0. The highest BCUT2D eigenvalue weighted by molar-refractivity contribution is 5.31. The van der Waals surface area contributed by atoms with Crippen molar-refractivity contribution in [2.45, 2.75) is 26.7 Å². The number of hydrogen-bond donors (Lipinski definition) is 1. The van der Waals surface area contributed by atoms with Gasteiger partial charge in [0.05, 0.1) is 0 Å². The van der Waals surface area contributed by atoms with Gasteiger partial charge in [-0.25, -0.2) is 4.39 Å². The first-order chi connectivity index (χ1) is 6.15. The molecule has 0 aromatic heterocycles. The summed E-state index contributed by atoms with van der Waals surface area (Å²) in [5.74, 6) is -0.147. The van der Waals surface area contributed by atoms with Crippen LogP contribution < -0.4 is 0 Å². The fraction of sp³-hybridized carbons (Fsp3) is 0.455. The molecule has 0 spiro atoms. The van der Waals surface area contributed by atoms with Gasteiger partial charge in [-0.3, -0.25) is 0 Å². The molecule has 0 atom stereocenters. The van der Waals surface area contributed by atoms with Crippen molar-refractivity contribution in [3.05, 3.63) is 34.6 Å². The molecule has 1 N–H and O–H groups in total. The Balaban J connectivity index is 2.92. The monoisotopic (exact) mass is 182 g/mol. The lowest BCUT2D eigenvalue weighted by molar-refractivity contribution is 0.288. The van der Waals surface area contributed by atoms with E-state index in [0.29, 0.717) is 12.8 Å². The molecule has 0 radical (unpaired) electrons. The van der Waals surface area contributed by atoms with Crippen LogP contribution in [0.4, 0.5) is 4.39 Å². The third-order valence-electron chi connectivity index (χ3n) is 2.15. The van der Waals surface area contributed by atoms with E-state index in [1.54, 1.807) is 6.07 Å². The van der Waals surface area contributed by atoms with Crippen LogP contribution >= 0.6 is 0 Å². The molecule has 0 aliphatic heterocycles. The van der Waals surface area contributed by atoms with Gasteiger partial charge in [-0.1, -0.05) is 6.07 Å². The highest BCUT2D eigenvalue weighted by Gasteiger charge is 2.05. The van der Waals surface area contributed by atoms with Gasteiger partial charge in [0.15, 0.2) is 0 Å². The number of rotatable bonds is 3. The molecule has 1 rings (SSSR count). The van der Waals surface area contributed by atoms with Crippen molar-refractivity contribution in [1.29, 1.82) is 0 Å². The first kappa shape index (κ1) is 10.2. The van der Waals surface area contributed by atoms with Crippen LogP contribution in [0, 0.1) is 19.7 Å². The quantitative estimate of drug-likeness (QED) is 0.760. The van der Waals surface area contributed by atoms with Gasteiger partial charge in [0.1, 0.15) is 5.82 Å². The smallest absolute Gasteiger partial charge is 0.126 e. The van der Waals surface area contributed by atoms with Crippen LogP contribution in [0.15, 0.2) is 12.1 Å². The Labute approximate surface area is 78.2 Å². The van der Waals surface area contributed by atoms with E-state index in [2.05, 4.69) is 0 Å². The predicted octanol–water partition coefficient (Wildman–Crippen LogP) is 2.37. The molecule has 0 saturated carbocycles. The number of aliphatic hydroxyl groups excluding tert-OH is 1. The van der Waals surface area contributed by atoms with Gasteiger partial charge < -0.3 is 5.11 Å². The summed E-state index contributed by atoms with van der Waals surface area (Å²) in [6.07, 6.45) is 1.25. The standard InChI is InChI=1S/C11H15FO/c1-8-6-9(2)10(4-3-5-13)11(12)7-8/h6-7,13H,3-5H2,1-2H3. The van der Waals surface area contributed by atoms with Crippen LogP contribution in [0.5, 0.6) is 0 Å². The SMILES string of the molecule is Cc1cc(C)c(CCCO)c(F)c1. The van der Waals surface area contributed by atoms with Gasteiger partial charge in [-0.15, -0.1) is 0 Å². The van der Waals surface area contributed by atoms with Crippen LogP contribution in [-0.2, 0) is 6.42 Å². The molecule has 1 aromatic rings. The fourth-order valence-electron chi connectivity index (χ4n) is 1.52. The molecule has 13 heavy (non-hydrogen) atoms. The second-order valence-corrected chi connectivity index (χ2v) is 3.37. The number of hydrogen-bond acceptors (Lipinski definition) is 1. The van der Waals surface area contributed by atoms with E-state index in [0.717, 1.165) is 16.7 Å². The van der Waals surface area contributed by atoms with Crippen LogP contribution in [0.2, 0.25) is 0 Å². The van der Waals surface area contributed by atoms with Crippen molar-refractivity contribution in [1.82, 2.24) is 0 Å². The predicted molar refractivity (Wildman–Crippen MR) is 51.3 cm³/mol. The van der Waals surface area contributed by atoms with Crippen molar-refractivity contribution in [2.24, 2.45) is 0 Å². The molecule has 0 heterocycles. The molecule has 1 aromatic carbocycles. The number of aryl methyl sites for hydroxylation is 2. The molecule has 0 aliphatic carbocycles. The Hall–Kier alpha value is -0.890. The second kappa shape index (κ2) is 4.38. The highest BCUT2D eigenvalue weighted by Crippen LogP contribution is 2.16. The van der Waals surface area contributed by atoms with Gasteiger partial charge in [0, 0.05) is 6.61 Å². The van der Waals surface area contributed by atoms with E-state index in [1.807, 2.05) is 19.9 Å². The van der Waals surface area contributed by atoms with Gasteiger partial charge in [-0.2, -0.15) is 0 Å². The largest absolute Gasteiger partial charge is 0.396 e. The average Bonchev–Trinajstić information content (AvgIpc) is 2.02. The lowest BCUT2D eigenvalue weighted by Gasteiger charge is -2.07. The van der Waals surface area contributed by atoms with Crippen molar-refractivity contribution in [3.8, 4) is 0 Å². The Morgan fingerprint density at radius 2 is 2.00 bits per heavy atom. The first-order valence-electron chi connectivity index (χ1n) is 4.51. The Morgan fingerprint density at radius 1 is 1.31 bits per heavy atom. The zero-order chi connectivity index (χ0) is 9.84. The normalized spacial score (nSPS) is 10.5. The summed E-state index contributed by atoms with van der Waals surface area (Å²) in [5.41, 5.74) is 2.66. The minimum absolute atomic E-state index is 0.118. The minimum Gasteiger partial charge on any atom is -0.396 e. The molecule has 0 bridgehead atoms. The van der Waals surface area contributed by atoms with Gasteiger partial charge in [-0.05, 0) is 49.4 Å². The Bertz CT molecular complexity index is 271. The molecule has 0 fully saturated rings. The van der Waals surface area contributed by atoms with Crippen LogP contribution in [0.25, 0.3) is 0 Å². The third kappa shape index (κ3) is 2.52. The topological polar surface area (TPSA) is 20.2 Å². The number of halogens is 1. The van der Waals surface area contributed by atoms with Gasteiger partial charge >= 0.3 is 0 Å². The molecule has 0 saturated heterocycles. The molecular weight excluding hydrogens is 167 g/mol. The lowest BCUT2D eigenvalue weighted by Crippen LogP contribution is -1.97. The van der Waals surface area contributed by atoms with Crippen molar-refractivity contribution >= 4 is 0 Å². The molecule has 1 nitrogen and oxygen atoms in total. The summed E-state index contributed by atoms with van der Waals surface area (Å²) >= 11 is 0. The summed E-state index contributed by atoms with van der Waals surface area (Å²) in [6, 6.07) is 3.51. The summed E-state index contributed by atoms with van der Waals surface area (Å²) < 4.78 is 13.4. The van der Waals surface area contributed by atoms with E-state index >= 15 is 0 Å². The van der Waals surface area contributed by atoms with Crippen LogP contribution in [0.3, 0.4) is 0 Å². The summed E-state index contributed by atoms with van der Waals surface area (Å²) in [4.78, 5) is 0. The van der Waals surface area contributed by atoms with Crippen molar-refractivity contribution < 1.29 is 9.50 Å². The van der Waals surface area contributed by atoms with E-state index in [-0.39, 0.29) is 12.4 Å². The summed E-state index contributed by atoms with van der Waals surface area (Å²) in [5, 5.41) is 8.64. The summed E-state index contributed by atoms with van der Waals surface area (Å²) in [7, 11) is 0. The minimum atomic E-state index is -0.147. The maximum Gasteiger partial charge on any atom is 0.126 e. The number of aliphatic hydroxyl groups is 1. The van der Waals surface area contributed by atoms with E-state index in [9.17, 15) is 4.39 Å². The van der Waals surface area contributed by atoms with Gasteiger partial charge in [0.25, 0.3) is 0 Å². The molecule has 72 valence electrons. The molecule has 0 unspecified atom stereocenters. The van der Waals surface area contributed by atoms with Crippen LogP contribution in [-0.4, -0.2) is 11.7 Å². The highest BCUT2D eigenvalue weighted by atomic mass is 19.1. The molecule has 2 heteroatoms. The third-order valence-corrected chi connectivity index (χ3v) is 2.15. The van der Waals surface area contributed by atoms with Crippen molar-refractivity contribution in [2.75, 3.05) is 6.61 Å². The number of benzene rings is 1. The zero-order valence-electron chi connectivity index (χ0n) is 8.10. The van der Waals surface area contributed by atoms with Crippen LogP contribution in [0.1, 0.15) is 23.1 Å². The van der Waals surface area contributed by atoms with Gasteiger partial charge in [0.2, 0.25) is 0 Å². The van der Waals surface area contributed by atoms with E-state index < -0.39 is 0 Å². The Kier molecular flexibility index (Phi) is 3.43. The molecule has 0 amide bonds. The Morgan fingerprint density at radius 3 is 2.54 bits per heavy atom.